The molecule has 0 radical (unpaired) electrons. The molecule has 0 aromatic heterocycles. The number of amides is 2. The minimum atomic E-state index is -0.884. The lowest BCUT2D eigenvalue weighted by Crippen LogP contribution is -2.54. The molecule has 1 aliphatic carbocycles. The topological polar surface area (TPSA) is 69.6 Å². The number of likely N-dealkylation sites (tertiary alicyclic amines) is 1. The molecule has 0 spiro atoms. The first kappa shape index (κ1) is 15.5. The van der Waals surface area contributed by atoms with Gasteiger partial charge in [0, 0.05) is 17.8 Å². The van der Waals surface area contributed by atoms with Crippen molar-refractivity contribution >= 4 is 23.8 Å². The van der Waals surface area contributed by atoms with Gasteiger partial charge in [0.1, 0.15) is 6.04 Å². The zero-order valence-electron chi connectivity index (χ0n) is 12.0. The summed E-state index contributed by atoms with van der Waals surface area (Å²) in [5, 5.41) is 12.8. The Morgan fingerprint density at radius 1 is 1.25 bits per heavy atom. The summed E-state index contributed by atoms with van der Waals surface area (Å²) in [6.45, 7) is 2.69. The van der Waals surface area contributed by atoms with Crippen LogP contribution >= 0.6 is 11.8 Å². The van der Waals surface area contributed by atoms with E-state index in [1.807, 2.05) is 11.8 Å². The lowest BCUT2D eigenvalue weighted by molar-refractivity contribution is -0.143. The van der Waals surface area contributed by atoms with E-state index >= 15 is 0 Å². The van der Waals surface area contributed by atoms with Crippen LogP contribution in [-0.4, -0.2) is 51.6 Å². The predicted octanol–water partition coefficient (Wildman–Crippen LogP) is 2.31. The third-order valence-electron chi connectivity index (χ3n) is 4.19. The number of aliphatic carboxylic acids is 1. The van der Waals surface area contributed by atoms with E-state index in [9.17, 15) is 14.7 Å². The van der Waals surface area contributed by atoms with Crippen LogP contribution < -0.4 is 5.32 Å². The molecule has 1 saturated carbocycles. The zero-order valence-corrected chi connectivity index (χ0v) is 12.8. The third kappa shape index (κ3) is 3.59. The summed E-state index contributed by atoms with van der Waals surface area (Å²) in [4.78, 5) is 25.1. The summed E-state index contributed by atoms with van der Waals surface area (Å²) in [6.07, 6.45) is 5.65. The molecule has 0 aromatic rings. The average Bonchev–Trinajstić information content (AvgIpc) is 2.86. The van der Waals surface area contributed by atoms with Gasteiger partial charge in [0.25, 0.3) is 0 Å². The number of rotatable bonds is 4. The predicted molar refractivity (Wildman–Crippen MR) is 80.1 cm³/mol. The Hall–Kier alpha value is -0.910. The number of carbonyl (C=O) groups is 2. The normalized spacial score (nSPS) is 30.2. The van der Waals surface area contributed by atoms with Gasteiger partial charge < -0.3 is 15.3 Å². The van der Waals surface area contributed by atoms with Crippen molar-refractivity contribution in [1.82, 2.24) is 10.2 Å². The Labute approximate surface area is 124 Å². The van der Waals surface area contributed by atoms with E-state index in [0.717, 1.165) is 37.9 Å². The van der Waals surface area contributed by atoms with Crippen molar-refractivity contribution in [2.75, 3.05) is 12.3 Å². The minimum Gasteiger partial charge on any atom is -0.480 e. The number of hydrogen-bond acceptors (Lipinski definition) is 3. The molecular formula is C14H24N2O3S. The van der Waals surface area contributed by atoms with Gasteiger partial charge in [-0.05, 0) is 37.9 Å². The molecule has 2 amide bonds. The number of thioether (sulfide) groups is 1. The molecule has 0 aromatic carbocycles. The molecular weight excluding hydrogens is 276 g/mol. The van der Waals surface area contributed by atoms with Crippen molar-refractivity contribution in [1.29, 1.82) is 0 Å². The number of nitrogens with one attached hydrogen (secondary N) is 1. The second-order valence-corrected chi connectivity index (χ2v) is 7.04. The number of carboxylic acids is 1. The van der Waals surface area contributed by atoms with Crippen LogP contribution in [0, 0.1) is 0 Å². The molecule has 3 atom stereocenters. The minimum absolute atomic E-state index is 0.189. The highest BCUT2D eigenvalue weighted by Gasteiger charge is 2.35. The van der Waals surface area contributed by atoms with Crippen molar-refractivity contribution in [3.8, 4) is 0 Å². The number of urea groups is 1. The van der Waals surface area contributed by atoms with Gasteiger partial charge in [-0.1, -0.05) is 13.3 Å². The molecule has 2 rings (SSSR count). The second kappa shape index (κ2) is 7.20. The van der Waals surface area contributed by atoms with Crippen LogP contribution in [0.15, 0.2) is 0 Å². The summed E-state index contributed by atoms with van der Waals surface area (Å²) in [7, 11) is 0. The fourth-order valence-electron chi connectivity index (χ4n) is 3.18. The molecule has 2 aliphatic rings. The first-order chi connectivity index (χ1) is 9.63. The maximum atomic E-state index is 12.4. The first-order valence-corrected chi connectivity index (χ1v) is 8.60. The monoisotopic (exact) mass is 300 g/mol. The van der Waals surface area contributed by atoms with Crippen LogP contribution in [0.1, 0.15) is 45.4 Å². The van der Waals surface area contributed by atoms with E-state index in [0.29, 0.717) is 18.2 Å². The SMILES string of the molecule is CCSC1CCCC1NC(=O)N1CCCCC1C(=O)O. The van der Waals surface area contributed by atoms with Crippen molar-refractivity contribution in [3.05, 3.63) is 0 Å². The van der Waals surface area contributed by atoms with E-state index < -0.39 is 12.0 Å². The number of hydrogen-bond donors (Lipinski definition) is 2. The van der Waals surface area contributed by atoms with Crippen LogP contribution in [0.5, 0.6) is 0 Å². The van der Waals surface area contributed by atoms with E-state index in [1.54, 1.807) is 0 Å². The van der Waals surface area contributed by atoms with Crippen LogP contribution in [0.2, 0.25) is 0 Å². The van der Waals surface area contributed by atoms with Gasteiger partial charge in [-0.25, -0.2) is 9.59 Å². The van der Waals surface area contributed by atoms with Crippen molar-refractivity contribution < 1.29 is 14.7 Å². The number of nitrogens with zero attached hydrogens (tertiary/aromatic N) is 1. The number of piperidine rings is 1. The molecule has 5 nitrogen and oxygen atoms in total. The van der Waals surface area contributed by atoms with Gasteiger partial charge in [-0.2, -0.15) is 11.8 Å². The standard InChI is InChI=1S/C14H24N2O3S/c1-2-20-12-8-5-6-10(12)15-14(19)16-9-4-3-7-11(16)13(17)18/h10-12H,2-9H2,1H3,(H,15,19)(H,17,18). The van der Waals surface area contributed by atoms with Gasteiger partial charge in [0.2, 0.25) is 0 Å². The van der Waals surface area contributed by atoms with Gasteiger partial charge in [-0.3, -0.25) is 0 Å². The molecule has 2 N–H and O–H groups in total. The Morgan fingerprint density at radius 2 is 2.05 bits per heavy atom. The fraction of sp³-hybridized carbons (Fsp3) is 0.857. The zero-order chi connectivity index (χ0) is 14.5. The Balaban J connectivity index is 1.94. The summed E-state index contributed by atoms with van der Waals surface area (Å²) >= 11 is 1.89. The van der Waals surface area contributed by atoms with Gasteiger partial charge >= 0.3 is 12.0 Å². The van der Waals surface area contributed by atoms with E-state index in [2.05, 4.69) is 12.2 Å². The van der Waals surface area contributed by atoms with Gasteiger partial charge in [0.05, 0.1) is 0 Å². The first-order valence-electron chi connectivity index (χ1n) is 7.55. The maximum Gasteiger partial charge on any atom is 0.326 e. The average molecular weight is 300 g/mol. The second-order valence-electron chi connectivity index (χ2n) is 5.52. The highest BCUT2D eigenvalue weighted by atomic mass is 32.2. The van der Waals surface area contributed by atoms with E-state index in [4.69, 9.17) is 0 Å². The third-order valence-corrected chi connectivity index (χ3v) is 5.52. The van der Waals surface area contributed by atoms with Crippen molar-refractivity contribution in [3.63, 3.8) is 0 Å². The van der Waals surface area contributed by atoms with E-state index in [-0.39, 0.29) is 12.1 Å². The molecule has 2 fully saturated rings. The molecule has 114 valence electrons. The summed E-state index contributed by atoms with van der Waals surface area (Å²) < 4.78 is 0. The molecule has 1 saturated heterocycles. The molecule has 1 aliphatic heterocycles. The van der Waals surface area contributed by atoms with Crippen LogP contribution in [0.25, 0.3) is 0 Å². The van der Waals surface area contributed by atoms with Crippen LogP contribution in [-0.2, 0) is 4.79 Å². The number of carboxylic acid groups (broad SMARTS) is 1. The van der Waals surface area contributed by atoms with Crippen molar-refractivity contribution in [2.24, 2.45) is 0 Å². The molecule has 6 heteroatoms. The summed E-state index contributed by atoms with van der Waals surface area (Å²) in [5.74, 6) is 0.171. The van der Waals surface area contributed by atoms with Gasteiger partial charge in [0.15, 0.2) is 0 Å². The van der Waals surface area contributed by atoms with Crippen molar-refractivity contribution in [2.45, 2.75) is 62.8 Å². The molecule has 3 unspecified atom stereocenters. The maximum absolute atomic E-state index is 12.4. The summed E-state index contributed by atoms with van der Waals surface area (Å²) in [5.41, 5.74) is 0. The van der Waals surface area contributed by atoms with E-state index in [1.165, 1.54) is 4.90 Å². The lowest BCUT2D eigenvalue weighted by atomic mass is 10.0. The largest absolute Gasteiger partial charge is 0.480 e. The van der Waals surface area contributed by atoms with Crippen LogP contribution in [0.3, 0.4) is 0 Å². The lowest BCUT2D eigenvalue weighted by Gasteiger charge is -2.34. The van der Waals surface area contributed by atoms with Gasteiger partial charge in [-0.15, -0.1) is 0 Å². The summed E-state index contributed by atoms with van der Waals surface area (Å²) in [6, 6.07) is -0.642. The molecule has 1 heterocycles. The smallest absolute Gasteiger partial charge is 0.326 e. The Morgan fingerprint density at radius 3 is 2.75 bits per heavy atom. The fourth-order valence-corrected chi connectivity index (χ4v) is 4.38. The quantitative estimate of drug-likeness (QED) is 0.836. The highest BCUT2D eigenvalue weighted by molar-refractivity contribution is 7.99. The Kier molecular flexibility index (Phi) is 5.57. The Bertz CT molecular complexity index is 364. The molecule has 0 bridgehead atoms. The molecule has 20 heavy (non-hydrogen) atoms. The number of carbonyl (C=O) groups excluding carboxylic acids is 1. The highest BCUT2D eigenvalue weighted by Crippen LogP contribution is 2.30. The van der Waals surface area contributed by atoms with Crippen LogP contribution in [0.4, 0.5) is 4.79 Å².